The lowest BCUT2D eigenvalue weighted by Gasteiger charge is -2.23. The van der Waals surface area contributed by atoms with Gasteiger partial charge in [0.15, 0.2) is 0 Å². The largest absolute Gasteiger partial charge is 0.373 e. The summed E-state index contributed by atoms with van der Waals surface area (Å²) in [6.45, 7) is 0. The first-order valence-corrected chi connectivity index (χ1v) is 7.57. The van der Waals surface area contributed by atoms with Crippen molar-refractivity contribution in [2.45, 2.75) is 43.9 Å². The standard InChI is InChI=1S/C15H17ClN2O/c16-8-7-15-17-11-3-1-2-4-12(11)18(15)13-9-10-5-6-14(13)19-10/h1-4,10,13-14H,5-9H2. The van der Waals surface area contributed by atoms with E-state index in [4.69, 9.17) is 21.3 Å². The van der Waals surface area contributed by atoms with Crippen LogP contribution >= 0.6 is 11.6 Å². The fraction of sp³-hybridized carbons (Fsp3) is 0.533. The van der Waals surface area contributed by atoms with E-state index in [-0.39, 0.29) is 0 Å². The fourth-order valence-electron chi connectivity index (χ4n) is 3.61. The number of aryl methyl sites for hydroxylation is 1. The molecule has 3 nitrogen and oxygen atoms in total. The fourth-order valence-corrected chi connectivity index (χ4v) is 3.78. The van der Waals surface area contributed by atoms with Gasteiger partial charge in [0.2, 0.25) is 0 Å². The van der Waals surface area contributed by atoms with Gasteiger partial charge in [0.1, 0.15) is 5.82 Å². The van der Waals surface area contributed by atoms with Crippen molar-refractivity contribution in [3.63, 3.8) is 0 Å². The number of alkyl halides is 1. The number of para-hydroxylation sites is 2. The summed E-state index contributed by atoms with van der Waals surface area (Å²) < 4.78 is 8.40. The van der Waals surface area contributed by atoms with Crippen LogP contribution < -0.4 is 0 Å². The lowest BCUT2D eigenvalue weighted by Crippen LogP contribution is -2.22. The molecule has 3 heterocycles. The van der Waals surface area contributed by atoms with Crippen molar-refractivity contribution in [2.24, 2.45) is 0 Å². The number of hydrogen-bond donors (Lipinski definition) is 0. The van der Waals surface area contributed by atoms with Crippen molar-refractivity contribution >= 4 is 22.6 Å². The van der Waals surface area contributed by atoms with Crippen molar-refractivity contribution in [1.82, 2.24) is 9.55 Å². The summed E-state index contributed by atoms with van der Waals surface area (Å²) in [6.07, 6.45) is 5.18. The number of imidazole rings is 1. The zero-order chi connectivity index (χ0) is 12.8. The molecule has 0 spiro atoms. The predicted octanol–water partition coefficient (Wildman–Crippen LogP) is 3.31. The third kappa shape index (κ3) is 1.79. The average molecular weight is 277 g/mol. The maximum absolute atomic E-state index is 6.01. The molecule has 2 aliphatic rings. The van der Waals surface area contributed by atoms with E-state index in [2.05, 4.69) is 22.8 Å². The monoisotopic (exact) mass is 276 g/mol. The molecule has 1 aromatic carbocycles. The molecule has 0 radical (unpaired) electrons. The molecule has 4 rings (SSSR count). The first-order valence-electron chi connectivity index (χ1n) is 7.04. The molecule has 19 heavy (non-hydrogen) atoms. The molecule has 0 aliphatic carbocycles. The number of ether oxygens (including phenoxy) is 1. The second kappa shape index (κ2) is 4.50. The SMILES string of the molecule is ClCCc1nc2ccccc2n1C1CC2CCC1O2. The Labute approximate surface area is 117 Å². The van der Waals surface area contributed by atoms with E-state index in [1.54, 1.807) is 0 Å². The Hall–Kier alpha value is -1.06. The number of aromatic nitrogens is 2. The second-order valence-corrected chi connectivity index (χ2v) is 5.88. The summed E-state index contributed by atoms with van der Waals surface area (Å²) in [6, 6.07) is 8.81. The lowest BCUT2D eigenvalue weighted by molar-refractivity contribution is 0.0940. The Kier molecular flexibility index (Phi) is 2.78. The zero-order valence-electron chi connectivity index (χ0n) is 10.8. The number of rotatable bonds is 3. The number of benzene rings is 1. The zero-order valence-corrected chi connectivity index (χ0v) is 11.5. The van der Waals surface area contributed by atoms with Crippen molar-refractivity contribution in [1.29, 1.82) is 0 Å². The van der Waals surface area contributed by atoms with E-state index in [1.807, 2.05) is 6.07 Å². The van der Waals surface area contributed by atoms with E-state index < -0.39 is 0 Å². The minimum Gasteiger partial charge on any atom is -0.373 e. The molecule has 4 heteroatoms. The van der Waals surface area contributed by atoms with Crippen molar-refractivity contribution in [3.8, 4) is 0 Å². The predicted molar refractivity (Wildman–Crippen MR) is 75.7 cm³/mol. The number of nitrogens with zero attached hydrogens (tertiary/aromatic N) is 2. The Morgan fingerprint density at radius 2 is 2.21 bits per heavy atom. The van der Waals surface area contributed by atoms with Gasteiger partial charge < -0.3 is 9.30 Å². The van der Waals surface area contributed by atoms with Gasteiger partial charge in [-0.1, -0.05) is 12.1 Å². The first-order chi connectivity index (χ1) is 9.36. The van der Waals surface area contributed by atoms with Gasteiger partial charge >= 0.3 is 0 Å². The number of hydrogen-bond acceptors (Lipinski definition) is 2. The van der Waals surface area contributed by atoms with E-state index in [0.29, 0.717) is 24.1 Å². The molecule has 1 aromatic heterocycles. The Balaban J connectivity index is 1.84. The molecular weight excluding hydrogens is 260 g/mol. The first kappa shape index (κ1) is 11.7. The summed E-state index contributed by atoms with van der Waals surface area (Å²) in [4.78, 5) is 4.75. The molecule has 2 aliphatic heterocycles. The summed E-state index contributed by atoms with van der Waals surface area (Å²) >= 11 is 5.94. The minimum absolute atomic E-state index is 0.372. The van der Waals surface area contributed by atoms with E-state index in [1.165, 1.54) is 18.4 Å². The van der Waals surface area contributed by atoms with Gasteiger partial charge in [0.05, 0.1) is 29.3 Å². The maximum Gasteiger partial charge on any atom is 0.111 e. The number of fused-ring (bicyclic) bond motifs is 3. The van der Waals surface area contributed by atoms with Gasteiger partial charge in [-0.15, -0.1) is 11.6 Å². The normalized spacial score (nSPS) is 29.4. The van der Waals surface area contributed by atoms with Crippen LogP contribution in [0.1, 0.15) is 31.1 Å². The molecule has 3 atom stereocenters. The summed E-state index contributed by atoms with van der Waals surface area (Å²) in [5.41, 5.74) is 2.30. The quantitative estimate of drug-likeness (QED) is 0.804. The van der Waals surface area contributed by atoms with Crippen LogP contribution in [0.25, 0.3) is 11.0 Å². The molecule has 2 bridgehead atoms. The summed E-state index contributed by atoms with van der Waals surface area (Å²) in [7, 11) is 0. The third-order valence-electron chi connectivity index (χ3n) is 4.39. The van der Waals surface area contributed by atoms with E-state index in [0.717, 1.165) is 24.2 Å². The van der Waals surface area contributed by atoms with Crippen LogP contribution in [0.4, 0.5) is 0 Å². The average Bonchev–Trinajstić information content (AvgIpc) is 3.11. The van der Waals surface area contributed by atoms with Crippen LogP contribution in [0.15, 0.2) is 24.3 Å². The van der Waals surface area contributed by atoms with Gasteiger partial charge in [0.25, 0.3) is 0 Å². The number of halogens is 1. The topological polar surface area (TPSA) is 27.1 Å². The highest BCUT2D eigenvalue weighted by Gasteiger charge is 2.42. The van der Waals surface area contributed by atoms with Crippen LogP contribution in [-0.4, -0.2) is 27.6 Å². The molecule has 0 saturated carbocycles. The van der Waals surface area contributed by atoms with Gasteiger partial charge in [-0.25, -0.2) is 4.98 Å². The van der Waals surface area contributed by atoms with Crippen molar-refractivity contribution in [2.75, 3.05) is 5.88 Å². The molecule has 0 amide bonds. The molecule has 2 aromatic rings. The van der Waals surface area contributed by atoms with Crippen LogP contribution in [0.2, 0.25) is 0 Å². The highest BCUT2D eigenvalue weighted by Crippen LogP contribution is 2.43. The van der Waals surface area contributed by atoms with Crippen LogP contribution in [0, 0.1) is 0 Å². The Morgan fingerprint density at radius 3 is 2.95 bits per heavy atom. The molecule has 100 valence electrons. The van der Waals surface area contributed by atoms with Crippen molar-refractivity contribution in [3.05, 3.63) is 30.1 Å². The van der Waals surface area contributed by atoms with Gasteiger partial charge in [-0.2, -0.15) is 0 Å². The smallest absolute Gasteiger partial charge is 0.111 e. The second-order valence-electron chi connectivity index (χ2n) is 5.50. The van der Waals surface area contributed by atoms with Gasteiger partial charge in [0, 0.05) is 12.3 Å². The van der Waals surface area contributed by atoms with Crippen LogP contribution in [-0.2, 0) is 11.2 Å². The highest BCUT2D eigenvalue weighted by molar-refractivity contribution is 6.17. The molecular formula is C15H17ClN2O. The molecule has 3 unspecified atom stereocenters. The maximum atomic E-state index is 6.01. The van der Waals surface area contributed by atoms with Crippen LogP contribution in [0.3, 0.4) is 0 Å². The molecule has 2 saturated heterocycles. The van der Waals surface area contributed by atoms with E-state index >= 15 is 0 Å². The third-order valence-corrected chi connectivity index (χ3v) is 4.58. The van der Waals surface area contributed by atoms with Crippen LogP contribution in [0.5, 0.6) is 0 Å². The minimum atomic E-state index is 0.372. The van der Waals surface area contributed by atoms with E-state index in [9.17, 15) is 0 Å². The summed E-state index contributed by atoms with van der Waals surface area (Å²) in [5.74, 6) is 1.72. The van der Waals surface area contributed by atoms with Crippen molar-refractivity contribution < 1.29 is 4.74 Å². The highest BCUT2D eigenvalue weighted by atomic mass is 35.5. The van der Waals surface area contributed by atoms with Gasteiger partial charge in [-0.3, -0.25) is 0 Å². The van der Waals surface area contributed by atoms with Gasteiger partial charge in [-0.05, 0) is 31.4 Å². The molecule has 0 N–H and O–H groups in total. The molecule has 2 fully saturated rings. The Bertz CT molecular complexity index is 609. The summed E-state index contributed by atoms with van der Waals surface area (Å²) in [5, 5.41) is 0. The Morgan fingerprint density at radius 1 is 1.32 bits per heavy atom. The lowest BCUT2D eigenvalue weighted by atomic mass is 9.95.